The molecule has 1 aromatic heterocycles. The fraction of sp³-hybridized carbons (Fsp3) is 0.231. The first-order chi connectivity index (χ1) is 8.52. The SMILES string of the molecule is CNC(c1cc(I)ccc1Br)c1sc(C)cc1Br. The van der Waals surface area contributed by atoms with E-state index in [2.05, 4.69) is 91.0 Å². The predicted molar refractivity (Wildman–Crippen MR) is 94.5 cm³/mol. The van der Waals surface area contributed by atoms with Crippen molar-refractivity contribution in [3.8, 4) is 0 Å². The summed E-state index contributed by atoms with van der Waals surface area (Å²) >= 11 is 11.5. The summed E-state index contributed by atoms with van der Waals surface area (Å²) in [5, 5.41) is 3.40. The molecule has 1 atom stereocenters. The van der Waals surface area contributed by atoms with Gasteiger partial charge in [0.1, 0.15) is 0 Å². The van der Waals surface area contributed by atoms with Gasteiger partial charge in [0.25, 0.3) is 0 Å². The largest absolute Gasteiger partial charge is 0.309 e. The zero-order valence-corrected chi connectivity index (χ0v) is 16.1. The number of thiophene rings is 1. The predicted octanol–water partition coefficient (Wildman–Crippen LogP) is 5.49. The molecule has 0 fully saturated rings. The normalized spacial score (nSPS) is 12.7. The molecule has 0 aliphatic rings. The van der Waals surface area contributed by atoms with Gasteiger partial charge in [0.05, 0.1) is 6.04 Å². The summed E-state index contributed by atoms with van der Waals surface area (Å²) in [5.41, 5.74) is 1.27. The number of halogens is 3. The molecule has 0 radical (unpaired) electrons. The average molecular weight is 501 g/mol. The highest BCUT2D eigenvalue weighted by molar-refractivity contribution is 14.1. The number of benzene rings is 1. The molecular weight excluding hydrogens is 489 g/mol. The summed E-state index contributed by atoms with van der Waals surface area (Å²) in [6, 6.07) is 8.81. The van der Waals surface area contributed by atoms with E-state index in [0.29, 0.717) is 0 Å². The molecule has 18 heavy (non-hydrogen) atoms. The number of hydrogen-bond donors (Lipinski definition) is 1. The Morgan fingerprint density at radius 1 is 1.22 bits per heavy atom. The van der Waals surface area contributed by atoms with Crippen LogP contribution in [0, 0.1) is 10.5 Å². The van der Waals surface area contributed by atoms with E-state index >= 15 is 0 Å². The second-order valence-corrected chi connectivity index (χ2v) is 8.20. The Morgan fingerprint density at radius 2 is 1.94 bits per heavy atom. The van der Waals surface area contributed by atoms with Gasteiger partial charge in [-0.3, -0.25) is 0 Å². The lowest BCUT2D eigenvalue weighted by Crippen LogP contribution is -2.17. The molecule has 0 saturated carbocycles. The van der Waals surface area contributed by atoms with Gasteiger partial charge in [0.15, 0.2) is 0 Å². The van der Waals surface area contributed by atoms with E-state index in [4.69, 9.17) is 0 Å². The summed E-state index contributed by atoms with van der Waals surface area (Å²) in [6.45, 7) is 2.13. The Balaban J connectivity index is 2.51. The van der Waals surface area contributed by atoms with Crippen molar-refractivity contribution in [2.24, 2.45) is 0 Å². The van der Waals surface area contributed by atoms with E-state index in [1.807, 2.05) is 18.4 Å². The quantitative estimate of drug-likeness (QED) is 0.549. The third kappa shape index (κ3) is 3.17. The topological polar surface area (TPSA) is 12.0 Å². The van der Waals surface area contributed by atoms with Crippen molar-refractivity contribution in [1.82, 2.24) is 5.32 Å². The Kier molecular flexibility index (Phi) is 5.28. The first-order valence-corrected chi connectivity index (χ1v) is 8.89. The fourth-order valence-corrected chi connectivity index (χ4v) is 4.86. The van der Waals surface area contributed by atoms with Crippen LogP contribution in [0.25, 0.3) is 0 Å². The summed E-state index contributed by atoms with van der Waals surface area (Å²) < 4.78 is 3.56. The van der Waals surface area contributed by atoms with Crippen LogP contribution in [0.15, 0.2) is 33.2 Å². The van der Waals surface area contributed by atoms with Crippen molar-refractivity contribution >= 4 is 65.8 Å². The molecule has 96 valence electrons. The monoisotopic (exact) mass is 499 g/mol. The molecule has 1 heterocycles. The third-order valence-corrected chi connectivity index (χ3v) is 6.08. The zero-order chi connectivity index (χ0) is 13.3. The number of rotatable bonds is 3. The Morgan fingerprint density at radius 3 is 2.50 bits per heavy atom. The molecule has 1 nitrogen and oxygen atoms in total. The molecular formula is C13H12Br2INS. The first-order valence-electron chi connectivity index (χ1n) is 5.41. The van der Waals surface area contributed by atoms with E-state index in [1.54, 1.807) is 0 Å². The Hall–Kier alpha value is 0.570. The minimum Gasteiger partial charge on any atom is -0.309 e. The molecule has 2 aromatic rings. The van der Waals surface area contributed by atoms with E-state index in [0.717, 1.165) is 4.47 Å². The maximum atomic E-state index is 3.65. The number of aryl methyl sites for hydroxylation is 1. The highest BCUT2D eigenvalue weighted by atomic mass is 127. The van der Waals surface area contributed by atoms with Crippen molar-refractivity contribution in [3.63, 3.8) is 0 Å². The number of nitrogens with one attached hydrogen (secondary N) is 1. The fourth-order valence-electron chi connectivity index (χ4n) is 1.86. The molecule has 0 saturated heterocycles. The molecule has 0 amide bonds. The van der Waals surface area contributed by atoms with Gasteiger partial charge in [-0.15, -0.1) is 11.3 Å². The van der Waals surface area contributed by atoms with Crippen molar-refractivity contribution in [1.29, 1.82) is 0 Å². The standard InChI is InChI=1S/C13H12Br2INS/c1-7-5-11(15)13(18-7)12(17-2)9-6-8(16)3-4-10(9)14/h3-6,12,17H,1-2H3. The second kappa shape index (κ2) is 6.35. The average Bonchev–Trinajstić information content (AvgIpc) is 2.64. The van der Waals surface area contributed by atoms with Gasteiger partial charge < -0.3 is 5.32 Å². The molecule has 0 aliphatic heterocycles. The molecule has 1 unspecified atom stereocenters. The highest BCUT2D eigenvalue weighted by Crippen LogP contribution is 2.38. The van der Waals surface area contributed by atoms with Crippen LogP contribution in [0.2, 0.25) is 0 Å². The van der Waals surface area contributed by atoms with E-state index < -0.39 is 0 Å². The Labute approximate surface area is 142 Å². The van der Waals surface area contributed by atoms with Gasteiger partial charge >= 0.3 is 0 Å². The maximum absolute atomic E-state index is 3.65. The lowest BCUT2D eigenvalue weighted by molar-refractivity contribution is 0.698. The van der Waals surface area contributed by atoms with Crippen LogP contribution in [-0.4, -0.2) is 7.05 Å². The van der Waals surface area contributed by atoms with Crippen molar-refractivity contribution in [3.05, 3.63) is 52.1 Å². The van der Waals surface area contributed by atoms with Gasteiger partial charge in [0, 0.05) is 22.3 Å². The third-order valence-electron chi connectivity index (χ3n) is 2.66. The van der Waals surface area contributed by atoms with Crippen LogP contribution in [0.4, 0.5) is 0 Å². The zero-order valence-electron chi connectivity index (χ0n) is 9.93. The van der Waals surface area contributed by atoms with Gasteiger partial charge in [0.2, 0.25) is 0 Å². The second-order valence-electron chi connectivity index (χ2n) is 3.96. The molecule has 0 spiro atoms. The van der Waals surface area contributed by atoms with Gasteiger partial charge in [-0.2, -0.15) is 0 Å². The van der Waals surface area contributed by atoms with E-state index in [-0.39, 0.29) is 6.04 Å². The van der Waals surface area contributed by atoms with Crippen LogP contribution in [0.3, 0.4) is 0 Å². The first kappa shape index (κ1) is 15.0. The molecule has 2 rings (SSSR count). The van der Waals surface area contributed by atoms with Gasteiger partial charge in [-0.1, -0.05) is 15.9 Å². The molecule has 0 aliphatic carbocycles. The van der Waals surface area contributed by atoms with Crippen LogP contribution in [0.5, 0.6) is 0 Å². The summed E-state index contributed by atoms with van der Waals surface area (Å²) in [6.07, 6.45) is 0. The summed E-state index contributed by atoms with van der Waals surface area (Å²) in [4.78, 5) is 2.64. The molecule has 0 bridgehead atoms. The maximum Gasteiger partial charge on any atom is 0.0691 e. The molecule has 1 N–H and O–H groups in total. The number of hydrogen-bond acceptors (Lipinski definition) is 2. The lowest BCUT2D eigenvalue weighted by atomic mass is 10.1. The van der Waals surface area contributed by atoms with Crippen molar-refractivity contribution < 1.29 is 0 Å². The highest BCUT2D eigenvalue weighted by Gasteiger charge is 2.20. The summed E-state index contributed by atoms with van der Waals surface area (Å²) in [7, 11) is 2.00. The van der Waals surface area contributed by atoms with Crippen molar-refractivity contribution in [2.75, 3.05) is 7.05 Å². The van der Waals surface area contributed by atoms with E-state index in [1.165, 1.54) is 23.4 Å². The van der Waals surface area contributed by atoms with E-state index in [9.17, 15) is 0 Å². The van der Waals surface area contributed by atoms with Crippen molar-refractivity contribution in [2.45, 2.75) is 13.0 Å². The van der Waals surface area contributed by atoms with Crippen LogP contribution >= 0.6 is 65.8 Å². The smallest absolute Gasteiger partial charge is 0.0691 e. The molecule has 5 heteroatoms. The Bertz CT molecular complexity index is 568. The minimum absolute atomic E-state index is 0.210. The van der Waals surface area contributed by atoms with Crippen LogP contribution < -0.4 is 5.32 Å². The van der Waals surface area contributed by atoms with Gasteiger partial charge in [-0.25, -0.2) is 0 Å². The molecule has 1 aromatic carbocycles. The van der Waals surface area contributed by atoms with Crippen LogP contribution in [-0.2, 0) is 0 Å². The summed E-state index contributed by atoms with van der Waals surface area (Å²) in [5.74, 6) is 0. The van der Waals surface area contributed by atoms with Crippen LogP contribution in [0.1, 0.15) is 21.4 Å². The minimum atomic E-state index is 0.210. The lowest BCUT2D eigenvalue weighted by Gasteiger charge is -2.18. The van der Waals surface area contributed by atoms with Gasteiger partial charge in [-0.05, 0) is 82.3 Å².